The number of pyridine rings is 1. The molecule has 0 fully saturated rings. The molecule has 6 heteroatoms. The molecule has 0 aliphatic carbocycles. The van der Waals surface area contributed by atoms with E-state index in [1.165, 1.54) is 5.56 Å². The fourth-order valence-corrected chi connectivity index (χ4v) is 3.42. The van der Waals surface area contributed by atoms with Gasteiger partial charge in [0.2, 0.25) is 5.89 Å². The lowest BCUT2D eigenvalue weighted by atomic mass is 9.87. The topological polar surface area (TPSA) is 77.2 Å². The van der Waals surface area contributed by atoms with Gasteiger partial charge in [-0.25, -0.2) is 4.98 Å². The highest BCUT2D eigenvalue weighted by Gasteiger charge is 2.30. The van der Waals surface area contributed by atoms with Gasteiger partial charge in [0.1, 0.15) is 5.75 Å². The number of fused-ring (bicyclic) bond motifs is 1. The Hall–Kier alpha value is -3.67. The summed E-state index contributed by atoms with van der Waals surface area (Å²) in [5.41, 5.74) is 3.33. The van der Waals surface area contributed by atoms with Crippen molar-refractivity contribution in [2.24, 2.45) is 0 Å². The maximum Gasteiger partial charge on any atom is 0.263 e. The number of nitrogens with zero attached hydrogens (tertiary/aromatic N) is 2. The molecule has 0 saturated carbocycles. The summed E-state index contributed by atoms with van der Waals surface area (Å²) in [5, 5.41) is 2.96. The predicted molar refractivity (Wildman–Crippen MR) is 129 cm³/mol. The molecule has 0 bridgehead atoms. The lowest BCUT2D eigenvalue weighted by Gasteiger charge is -2.26. The van der Waals surface area contributed by atoms with Crippen LogP contribution >= 0.6 is 0 Å². The van der Waals surface area contributed by atoms with Crippen LogP contribution in [0.25, 0.3) is 22.7 Å². The molecule has 4 aromatic rings. The van der Waals surface area contributed by atoms with E-state index in [1.54, 1.807) is 20.0 Å². The van der Waals surface area contributed by atoms with Gasteiger partial charge in [-0.3, -0.25) is 4.79 Å². The number of ether oxygens (including phenoxy) is 1. The summed E-state index contributed by atoms with van der Waals surface area (Å²) >= 11 is 0. The molecule has 2 aromatic heterocycles. The quantitative estimate of drug-likeness (QED) is 0.416. The zero-order valence-electron chi connectivity index (χ0n) is 19.7. The van der Waals surface area contributed by atoms with E-state index in [2.05, 4.69) is 36.1 Å². The largest absolute Gasteiger partial charge is 0.478 e. The van der Waals surface area contributed by atoms with Crippen LogP contribution in [-0.4, -0.2) is 21.5 Å². The van der Waals surface area contributed by atoms with Crippen LogP contribution in [-0.2, 0) is 16.8 Å². The SMILES string of the molecule is CC(C)(Oc1ccc(C(C)(C)C)cc1)C(=O)NCc1ccc(-c2nc3ncccc3o2)cc1. The minimum atomic E-state index is -1.01. The van der Waals surface area contributed by atoms with Crippen molar-refractivity contribution in [1.82, 2.24) is 15.3 Å². The van der Waals surface area contributed by atoms with Crippen LogP contribution in [0.1, 0.15) is 45.7 Å². The van der Waals surface area contributed by atoms with Gasteiger partial charge in [-0.1, -0.05) is 45.0 Å². The Morgan fingerprint density at radius 2 is 1.67 bits per heavy atom. The fourth-order valence-electron chi connectivity index (χ4n) is 3.42. The second-order valence-electron chi connectivity index (χ2n) is 9.61. The Bertz CT molecular complexity index is 1220. The van der Waals surface area contributed by atoms with Gasteiger partial charge in [-0.2, -0.15) is 4.98 Å². The highest BCUT2D eigenvalue weighted by molar-refractivity contribution is 5.84. The lowest BCUT2D eigenvalue weighted by Crippen LogP contribution is -2.46. The van der Waals surface area contributed by atoms with Gasteiger partial charge >= 0.3 is 0 Å². The summed E-state index contributed by atoms with van der Waals surface area (Å²) < 4.78 is 11.7. The normalized spacial score (nSPS) is 12.0. The molecule has 0 radical (unpaired) electrons. The number of carbonyl (C=O) groups is 1. The number of rotatable bonds is 6. The number of benzene rings is 2. The van der Waals surface area contributed by atoms with Crippen molar-refractivity contribution in [3.05, 3.63) is 78.0 Å². The number of aromatic nitrogens is 2. The van der Waals surface area contributed by atoms with Crippen molar-refractivity contribution in [2.45, 2.75) is 52.2 Å². The summed E-state index contributed by atoms with van der Waals surface area (Å²) in [6.45, 7) is 10.4. The highest BCUT2D eigenvalue weighted by atomic mass is 16.5. The lowest BCUT2D eigenvalue weighted by molar-refractivity contribution is -0.134. The third-order valence-electron chi connectivity index (χ3n) is 5.46. The van der Waals surface area contributed by atoms with Gasteiger partial charge in [0.05, 0.1) is 0 Å². The second kappa shape index (κ2) is 8.70. The molecular weight excluding hydrogens is 414 g/mol. The van der Waals surface area contributed by atoms with Crippen molar-refractivity contribution in [3.8, 4) is 17.2 Å². The van der Waals surface area contributed by atoms with Gasteiger partial charge in [-0.15, -0.1) is 0 Å². The van der Waals surface area contributed by atoms with Crippen LogP contribution in [0, 0.1) is 0 Å². The van der Waals surface area contributed by atoms with Crippen LogP contribution < -0.4 is 10.1 Å². The molecule has 0 spiro atoms. The standard InChI is InChI=1S/C27H29N3O3/c1-26(2,3)20-12-14-21(15-13-20)33-27(4,5)25(31)29-17-18-8-10-19(11-9-18)24-30-23-22(32-24)7-6-16-28-23/h6-16H,17H2,1-5H3,(H,29,31). The molecule has 0 aliphatic rings. The molecule has 4 rings (SSSR count). The molecular formula is C27H29N3O3. The van der Waals surface area contributed by atoms with Crippen molar-refractivity contribution in [2.75, 3.05) is 0 Å². The Kier molecular flexibility index (Phi) is 5.93. The van der Waals surface area contributed by atoms with Crippen LogP contribution in [0.3, 0.4) is 0 Å². The number of hydrogen-bond acceptors (Lipinski definition) is 5. The van der Waals surface area contributed by atoms with Crippen molar-refractivity contribution in [3.63, 3.8) is 0 Å². The first-order chi connectivity index (χ1) is 15.6. The number of hydrogen-bond donors (Lipinski definition) is 1. The summed E-state index contributed by atoms with van der Waals surface area (Å²) in [6.07, 6.45) is 1.69. The zero-order chi connectivity index (χ0) is 23.6. The minimum Gasteiger partial charge on any atom is -0.478 e. The van der Waals surface area contributed by atoms with Crippen LogP contribution in [0.5, 0.6) is 5.75 Å². The molecule has 6 nitrogen and oxygen atoms in total. The third-order valence-corrected chi connectivity index (χ3v) is 5.46. The first-order valence-corrected chi connectivity index (χ1v) is 11.0. The summed E-state index contributed by atoms with van der Waals surface area (Å²) in [4.78, 5) is 21.4. The number of amides is 1. The van der Waals surface area contributed by atoms with Gasteiger partial charge in [-0.05, 0) is 66.8 Å². The Balaban J connectivity index is 1.36. The van der Waals surface area contributed by atoms with E-state index >= 15 is 0 Å². The molecule has 2 heterocycles. The summed E-state index contributed by atoms with van der Waals surface area (Å²) in [6, 6.07) is 19.3. The molecule has 0 atom stereocenters. The van der Waals surface area contributed by atoms with Crippen LogP contribution in [0.15, 0.2) is 71.3 Å². The average molecular weight is 444 g/mol. The maximum absolute atomic E-state index is 12.8. The summed E-state index contributed by atoms with van der Waals surface area (Å²) in [5.74, 6) is 1.00. The van der Waals surface area contributed by atoms with Crippen LogP contribution in [0.2, 0.25) is 0 Å². The number of carbonyl (C=O) groups excluding carboxylic acids is 1. The molecule has 1 amide bonds. The molecule has 33 heavy (non-hydrogen) atoms. The number of nitrogens with one attached hydrogen (secondary N) is 1. The highest BCUT2D eigenvalue weighted by Crippen LogP contribution is 2.26. The Morgan fingerprint density at radius 3 is 2.30 bits per heavy atom. The molecule has 0 aliphatic heterocycles. The molecule has 1 N–H and O–H groups in total. The first kappa shape index (κ1) is 22.5. The first-order valence-electron chi connectivity index (χ1n) is 11.0. The van der Waals surface area contributed by atoms with Crippen molar-refractivity contribution < 1.29 is 13.9 Å². The smallest absolute Gasteiger partial charge is 0.263 e. The van der Waals surface area contributed by atoms with E-state index in [4.69, 9.17) is 9.15 Å². The molecule has 0 unspecified atom stereocenters. The van der Waals surface area contributed by atoms with Gasteiger partial charge in [0.25, 0.3) is 5.91 Å². The van der Waals surface area contributed by atoms with E-state index < -0.39 is 5.60 Å². The Morgan fingerprint density at radius 1 is 0.970 bits per heavy atom. The predicted octanol–water partition coefficient (Wildman–Crippen LogP) is 5.66. The minimum absolute atomic E-state index is 0.0678. The number of oxazole rings is 1. The van der Waals surface area contributed by atoms with Crippen molar-refractivity contribution >= 4 is 17.1 Å². The third kappa shape index (κ3) is 5.22. The van der Waals surface area contributed by atoms with E-state index in [-0.39, 0.29) is 11.3 Å². The monoisotopic (exact) mass is 443 g/mol. The van der Waals surface area contributed by atoms with Gasteiger partial charge < -0.3 is 14.5 Å². The molecule has 170 valence electrons. The second-order valence-corrected chi connectivity index (χ2v) is 9.61. The molecule has 2 aromatic carbocycles. The van der Waals surface area contributed by atoms with Crippen molar-refractivity contribution in [1.29, 1.82) is 0 Å². The van der Waals surface area contributed by atoms with E-state index in [1.807, 2.05) is 60.7 Å². The van der Waals surface area contributed by atoms with Gasteiger partial charge in [0.15, 0.2) is 16.8 Å². The zero-order valence-corrected chi connectivity index (χ0v) is 19.7. The Labute approximate surface area is 194 Å². The van der Waals surface area contributed by atoms with Gasteiger partial charge in [0, 0.05) is 18.3 Å². The maximum atomic E-state index is 12.8. The molecule has 0 saturated heterocycles. The van der Waals surface area contributed by atoms with Crippen LogP contribution in [0.4, 0.5) is 0 Å². The average Bonchev–Trinajstić information content (AvgIpc) is 3.21. The van der Waals surface area contributed by atoms with E-state index in [0.717, 1.165) is 11.1 Å². The van der Waals surface area contributed by atoms with E-state index in [0.29, 0.717) is 29.4 Å². The fraction of sp³-hybridized carbons (Fsp3) is 0.296. The summed E-state index contributed by atoms with van der Waals surface area (Å²) in [7, 11) is 0. The van der Waals surface area contributed by atoms with E-state index in [9.17, 15) is 4.79 Å².